The van der Waals surface area contributed by atoms with Crippen LogP contribution in [0.1, 0.15) is 28.8 Å². The summed E-state index contributed by atoms with van der Waals surface area (Å²) < 4.78 is 9.95. The monoisotopic (exact) mass is 376 g/mol. The van der Waals surface area contributed by atoms with Gasteiger partial charge >= 0.3 is 5.97 Å². The molecule has 2 aromatic rings. The molecule has 0 saturated carbocycles. The van der Waals surface area contributed by atoms with Gasteiger partial charge in [0.05, 0.1) is 19.8 Å². The largest absolute Gasteiger partial charge is 0.480 e. The molecule has 0 unspecified atom stereocenters. The van der Waals surface area contributed by atoms with E-state index in [0.29, 0.717) is 36.8 Å². The van der Waals surface area contributed by atoms with E-state index in [-0.39, 0.29) is 11.4 Å². The molecular weight excluding hydrogens is 356 g/mol. The van der Waals surface area contributed by atoms with Gasteiger partial charge in [0.25, 0.3) is 0 Å². The number of anilines is 1. The van der Waals surface area contributed by atoms with Gasteiger partial charge in [-0.25, -0.2) is 4.79 Å². The van der Waals surface area contributed by atoms with Crippen LogP contribution in [0, 0.1) is 0 Å². The molecule has 0 amide bonds. The molecule has 0 spiro atoms. The summed E-state index contributed by atoms with van der Waals surface area (Å²) in [6, 6.07) is 10.8. The molecule has 0 bridgehead atoms. The molecule has 0 aliphatic carbocycles. The summed E-state index contributed by atoms with van der Waals surface area (Å²) in [6.45, 7) is 1.21. The molecule has 2 heterocycles. The predicted molar refractivity (Wildman–Crippen MR) is 98.9 cm³/mol. The molecule has 7 heteroatoms. The van der Waals surface area contributed by atoms with Crippen molar-refractivity contribution >= 4 is 23.4 Å². The second-order valence-electron chi connectivity index (χ2n) is 6.22. The van der Waals surface area contributed by atoms with Gasteiger partial charge in [-0.1, -0.05) is 29.8 Å². The van der Waals surface area contributed by atoms with Crippen molar-refractivity contribution in [3.63, 3.8) is 0 Å². The van der Waals surface area contributed by atoms with Crippen LogP contribution in [0.25, 0.3) is 0 Å². The number of ether oxygens (including phenoxy) is 2. The highest BCUT2D eigenvalue weighted by molar-refractivity contribution is 6.31. The van der Waals surface area contributed by atoms with E-state index in [4.69, 9.17) is 21.1 Å². The Hall–Kier alpha value is -2.31. The minimum Gasteiger partial charge on any atom is -0.480 e. The van der Waals surface area contributed by atoms with Crippen molar-refractivity contribution in [2.75, 3.05) is 32.2 Å². The van der Waals surface area contributed by atoms with Crippen molar-refractivity contribution in [2.24, 2.45) is 0 Å². The average molecular weight is 377 g/mol. The first-order valence-electron chi connectivity index (χ1n) is 8.34. The van der Waals surface area contributed by atoms with Crippen molar-refractivity contribution in [1.29, 1.82) is 0 Å². The van der Waals surface area contributed by atoms with Crippen molar-refractivity contribution in [2.45, 2.75) is 18.4 Å². The molecule has 1 aliphatic heterocycles. The number of aliphatic hydroxyl groups is 1. The number of carbonyl (C=O) groups is 1. The number of rotatable bonds is 4. The van der Waals surface area contributed by atoms with E-state index in [1.165, 1.54) is 14.2 Å². The number of halogens is 1. The minimum absolute atomic E-state index is 0.223. The smallest absolute Gasteiger partial charge is 0.343 e. The van der Waals surface area contributed by atoms with E-state index in [1.54, 1.807) is 18.2 Å². The third kappa shape index (κ3) is 3.48. The first-order chi connectivity index (χ1) is 12.5. The summed E-state index contributed by atoms with van der Waals surface area (Å²) in [5.41, 5.74) is 0.0847. The van der Waals surface area contributed by atoms with E-state index in [1.807, 2.05) is 18.2 Å². The molecule has 138 valence electrons. The highest BCUT2D eigenvalue weighted by Gasteiger charge is 2.36. The number of pyridine rings is 1. The summed E-state index contributed by atoms with van der Waals surface area (Å²) in [5, 5.41) is 11.6. The Morgan fingerprint density at radius 1 is 1.19 bits per heavy atom. The molecule has 0 atom stereocenters. The molecule has 1 fully saturated rings. The van der Waals surface area contributed by atoms with Crippen LogP contribution in [0.4, 0.5) is 5.82 Å². The van der Waals surface area contributed by atoms with Gasteiger partial charge in [-0.05, 0) is 31.0 Å². The Balaban J connectivity index is 1.78. The first kappa shape index (κ1) is 18.5. The predicted octanol–water partition coefficient (Wildman–Crippen LogP) is 3.02. The van der Waals surface area contributed by atoms with Gasteiger partial charge in [-0.3, -0.25) is 0 Å². The summed E-state index contributed by atoms with van der Waals surface area (Å²) in [6.07, 6.45) is 1.05. The number of methoxy groups -OCH3 is 2. The van der Waals surface area contributed by atoms with Crippen LogP contribution in [-0.4, -0.2) is 43.4 Å². The molecule has 1 aliphatic rings. The van der Waals surface area contributed by atoms with Crippen LogP contribution in [-0.2, 0) is 10.3 Å². The highest BCUT2D eigenvalue weighted by atomic mass is 35.5. The summed E-state index contributed by atoms with van der Waals surface area (Å²) >= 11 is 6.25. The van der Waals surface area contributed by atoms with Gasteiger partial charge in [0.15, 0.2) is 0 Å². The Morgan fingerprint density at radius 3 is 2.50 bits per heavy atom. The van der Waals surface area contributed by atoms with Crippen LogP contribution >= 0.6 is 11.6 Å². The quantitative estimate of drug-likeness (QED) is 0.827. The Morgan fingerprint density at radius 2 is 1.88 bits per heavy atom. The zero-order valence-corrected chi connectivity index (χ0v) is 15.5. The van der Waals surface area contributed by atoms with Gasteiger partial charge in [-0.15, -0.1) is 0 Å². The Labute approximate surface area is 157 Å². The van der Waals surface area contributed by atoms with Gasteiger partial charge in [0.2, 0.25) is 5.88 Å². The van der Waals surface area contributed by atoms with Crippen molar-refractivity contribution in [3.05, 3.63) is 52.5 Å². The standard InChI is InChI=1S/C19H21ClN2O4/c1-25-17-13(18(23)26-2)7-8-16(21-17)22-11-9-19(24,10-12-22)14-5-3-4-6-15(14)20/h3-8,24H,9-12H2,1-2H3. The number of hydrogen-bond acceptors (Lipinski definition) is 6. The second-order valence-corrected chi connectivity index (χ2v) is 6.62. The maximum atomic E-state index is 11.8. The Kier molecular flexibility index (Phi) is 5.34. The molecule has 0 radical (unpaired) electrons. The minimum atomic E-state index is -0.953. The zero-order valence-electron chi connectivity index (χ0n) is 14.7. The third-order valence-electron chi connectivity index (χ3n) is 4.73. The fraction of sp³-hybridized carbons (Fsp3) is 0.368. The molecule has 1 saturated heterocycles. The normalized spacial score (nSPS) is 16.2. The summed E-state index contributed by atoms with van der Waals surface area (Å²) in [5.74, 6) is 0.421. The summed E-state index contributed by atoms with van der Waals surface area (Å²) in [7, 11) is 2.78. The van der Waals surface area contributed by atoms with Crippen molar-refractivity contribution in [3.8, 4) is 5.88 Å². The Bertz CT molecular complexity index is 804. The first-order valence-corrected chi connectivity index (χ1v) is 8.72. The second kappa shape index (κ2) is 7.51. The topological polar surface area (TPSA) is 71.9 Å². The van der Waals surface area contributed by atoms with Gasteiger partial charge < -0.3 is 19.5 Å². The van der Waals surface area contributed by atoms with E-state index < -0.39 is 11.6 Å². The number of esters is 1. The molecule has 1 N–H and O–H groups in total. The van der Waals surface area contributed by atoms with Crippen molar-refractivity contribution < 1.29 is 19.4 Å². The summed E-state index contributed by atoms with van der Waals surface area (Å²) in [4.78, 5) is 18.2. The van der Waals surface area contributed by atoms with E-state index >= 15 is 0 Å². The molecular formula is C19H21ClN2O4. The van der Waals surface area contributed by atoms with Crippen LogP contribution in [0.3, 0.4) is 0 Å². The third-order valence-corrected chi connectivity index (χ3v) is 5.06. The lowest BCUT2D eigenvalue weighted by Crippen LogP contribution is -2.43. The number of benzene rings is 1. The lowest BCUT2D eigenvalue weighted by Gasteiger charge is -2.39. The maximum absolute atomic E-state index is 11.8. The average Bonchev–Trinajstić information content (AvgIpc) is 2.67. The molecule has 26 heavy (non-hydrogen) atoms. The van der Waals surface area contributed by atoms with E-state index in [0.717, 1.165) is 5.56 Å². The lowest BCUT2D eigenvalue weighted by molar-refractivity contribution is 0.0117. The van der Waals surface area contributed by atoms with Gasteiger partial charge in [0, 0.05) is 23.7 Å². The fourth-order valence-electron chi connectivity index (χ4n) is 3.24. The van der Waals surface area contributed by atoms with Crippen LogP contribution in [0.15, 0.2) is 36.4 Å². The molecule has 3 rings (SSSR count). The molecule has 1 aromatic carbocycles. The number of aromatic nitrogens is 1. The van der Waals surface area contributed by atoms with Crippen LogP contribution in [0.5, 0.6) is 5.88 Å². The SMILES string of the molecule is COC(=O)c1ccc(N2CCC(O)(c3ccccc3Cl)CC2)nc1OC. The molecule has 1 aromatic heterocycles. The van der Waals surface area contributed by atoms with Crippen LogP contribution in [0.2, 0.25) is 5.02 Å². The van der Waals surface area contributed by atoms with Gasteiger partial charge in [0.1, 0.15) is 11.4 Å². The number of hydrogen-bond donors (Lipinski definition) is 1. The van der Waals surface area contributed by atoms with Crippen LogP contribution < -0.4 is 9.64 Å². The number of nitrogens with zero attached hydrogens (tertiary/aromatic N) is 2. The molecule has 6 nitrogen and oxygen atoms in total. The lowest BCUT2D eigenvalue weighted by atomic mass is 9.84. The van der Waals surface area contributed by atoms with Crippen molar-refractivity contribution in [1.82, 2.24) is 4.98 Å². The highest BCUT2D eigenvalue weighted by Crippen LogP contribution is 2.37. The van der Waals surface area contributed by atoms with Gasteiger partial charge in [-0.2, -0.15) is 4.98 Å². The zero-order chi connectivity index (χ0) is 18.7. The van der Waals surface area contributed by atoms with E-state index in [2.05, 4.69) is 9.88 Å². The maximum Gasteiger partial charge on any atom is 0.343 e. The number of carbonyl (C=O) groups excluding carboxylic acids is 1. The fourth-order valence-corrected chi connectivity index (χ4v) is 3.55. The number of piperidine rings is 1. The van der Waals surface area contributed by atoms with E-state index in [9.17, 15) is 9.90 Å².